The molecule has 1 aromatic rings. The lowest BCUT2D eigenvalue weighted by atomic mass is 10.2. The van der Waals surface area contributed by atoms with Gasteiger partial charge < -0.3 is 10.2 Å². The van der Waals surface area contributed by atoms with Gasteiger partial charge in [0.25, 0.3) is 0 Å². The van der Waals surface area contributed by atoms with E-state index in [-0.39, 0.29) is 24.4 Å². The zero-order valence-electron chi connectivity index (χ0n) is 12.2. The maximum absolute atomic E-state index is 11.7. The highest BCUT2D eigenvalue weighted by molar-refractivity contribution is 7.10. The molecule has 6 nitrogen and oxygen atoms in total. The molecule has 0 radical (unpaired) electrons. The van der Waals surface area contributed by atoms with Crippen molar-refractivity contribution in [3.63, 3.8) is 0 Å². The van der Waals surface area contributed by atoms with Crippen molar-refractivity contribution < 1.29 is 14.4 Å². The molecule has 1 fully saturated rings. The first kappa shape index (κ1) is 15.5. The van der Waals surface area contributed by atoms with E-state index < -0.39 is 0 Å². The van der Waals surface area contributed by atoms with E-state index >= 15 is 0 Å². The van der Waals surface area contributed by atoms with Gasteiger partial charge in [-0.1, -0.05) is 0 Å². The average Bonchev–Trinajstić information content (AvgIpc) is 2.94. The largest absolute Gasteiger partial charge is 0.351 e. The Kier molecular flexibility index (Phi) is 4.95. The van der Waals surface area contributed by atoms with Crippen LogP contribution in [0, 0.1) is 6.92 Å². The second-order valence-corrected chi connectivity index (χ2v) is 6.09. The third-order valence-corrected chi connectivity index (χ3v) is 4.45. The Morgan fingerprint density at radius 2 is 2.19 bits per heavy atom. The predicted octanol–water partition coefficient (Wildman–Crippen LogP) is 1.35. The molecule has 1 aliphatic rings. The fraction of sp³-hybridized carbons (Fsp3) is 0.500. The fourth-order valence-corrected chi connectivity index (χ4v) is 2.99. The van der Waals surface area contributed by atoms with Crippen LogP contribution in [0.25, 0.3) is 0 Å². The van der Waals surface area contributed by atoms with Gasteiger partial charge in [-0.05, 0) is 30.4 Å². The van der Waals surface area contributed by atoms with Gasteiger partial charge in [0.2, 0.25) is 11.8 Å². The number of nitrogens with zero attached hydrogens (tertiary/aromatic N) is 2. The van der Waals surface area contributed by atoms with E-state index in [4.69, 9.17) is 0 Å². The van der Waals surface area contributed by atoms with Crippen LogP contribution in [0.4, 0.5) is 4.79 Å². The van der Waals surface area contributed by atoms with Gasteiger partial charge in [-0.25, -0.2) is 4.79 Å². The lowest BCUT2D eigenvalue weighted by Crippen LogP contribution is -2.33. The zero-order valence-corrected chi connectivity index (χ0v) is 13.0. The summed E-state index contributed by atoms with van der Waals surface area (Å²) in [6.07, 6.45) is 0.797. The highest BCUT2D eigenvalue weighted by Crippen LogP contribution is 2.15. The summed E-state index contributed by atoms with van der Waals surface area (Å²) in [5.74, 6) is -0.257. The number of hydrogen-bond donors (Lipinski definition) is 1. The van der Waals surface area contributed by atoms with Gasteiger partial charge in [0.15, 0.2) is 0 Å². The quantitative estimate of drug-likeness (QED) is 0.806. The Morgan fingerprint density at radius 3 is 2.76 bits per heavy atom. The van der Waals surface area contributed by atoms with Crippen LogP contribution in [0.1, 0.15) is 23.3 Å². The fourth-order valence-electron chi connectivity index (χ4n) is 2.14. The molecule has 2 rings (SSSR count). The number of imide groups is 1. The first-order chi connectivity index (χ1) is 9.99. The molecule has 7 heteroatoms. The Bertz CT molecular complexity index is 555. The van der Waals surface area contributed by atoms with Gasteiger partial charge in [-0.15, -0.1) is 11.3 Å². The monoisotopic (exact) mass is 309 g/mol. The second kappa shape index (κ2) is 6.71. The highest BCUT2D eigenvalue weighted by Gasteiger charge is 2.32. The number of rotatable bonds is 6. The van der Waals surface area contributed by atoms with Crippen molar-refractivity contribution in [1.29, 1.82) is 0 Å². The molecule has 0 unspecified atom stereocenters. The maximum atomic E-state index is 11.7. The Hall–Kier alpha value is -1.89. The predicted molar refractivity (Wildman–Crippen MR) is 79.9 cm³/mol. The smallest absolute Gasteiger partial charge is 0.326 e. The molecule has 0 aliphatic carbocycles. The van der Waals surface area contributed by atoms with Crippen LogP contribution >= 0.6 is 11.3 Å². The number of carbonyl (C=O) groups excluding carboxylic acids is 3. The summed E-state index contributed by atoms with van der Waals surface area (Å²) in [5, 5.41) is 4.85. The first-order valence-corrected chi connectivity index (χ1v) is 7.72. The molecule has 2 heterocycles. The topological polar surface area (TPSA) is 69.7 Å². The number of urea groups is 1. The van der Waals surface area contributed by atoms with E-state index in [0.717, 1.165) is 4.88 Å². The minimum Gasteiger partial charge on any atom is -0.351 e. The molecule has 1 aromatic heterocycles. The standard InChI is InChI=1S/C14H19N3O3S/c1-10-5-7-21-11(10)8-15-12(18)4-3-6-17-13(19)9-16(2)14(17)20/h5,7H,3-4,6,8-9H2,1-2H3,(H,15,18). The summed E-state index contributed by atoms with van der Waals surface area (Å²) < 4.78 is 0. The van der Waals surface area contributed by atoms with Crippen LogP contribution < -0.4 is 5.32 Å². The summed E-state index contributed by atoms with van der Waals surface area (Å²) in [6, 6.07) is 1.74. The van der Waals surface area contributed by atoms with E-state index in [1.54, 1.807) is 18.4 Å². The van der Waals surface area contributed by atoms with Crippen LogP contribution in [-0.2, 0) is 16.1 Å². The molecule has 4 amide bonds. The molecule has 0 aromatic carbocycles. The molecule has 1 N–H and O–H groups in total. The average molecular weight is 309 g/mol. The maximum Gasteiger partial charge on any atom is 0.326 e. The van der Waals surface area contributed by atoms with Crippen LogP contribution in [0.15, 0.2) is 11.4 Å². The lowest BCUT2D eigenvalue weighted by molar-refractivity contribution is -0.126. The van der Waals surface area contributed by atoms with Crippen molar-refractivity contribution in [2.45, 2.75) is 26.3 Å². The van der Waals surface area contributed by atoms with E-state index in [1.807, 2.05) is 18.4 Å². The molecular formula is C14H19N3O3S. The van der Waals surface area contributed by atoms with Crippen molar-refractivity contribution in [1.82, 2.24) is 15.1 Å². The van der Waals surface area contributed by atoms with Gasteiger partial charge in [-0.3, -0.25) is 14.5 Å². The number of likely N-dealkylation sites (N-methyl/N-ethyl adjacent to an activating group) is 1. The summed E-state index contributed by atoms with van der Waals surface area (Å²) in [4.78, 5) is 38.7. The normalized spacial score (nSPS) is 15.0. The van der Waals surface area contributed by atoms with Gasteiger partial charge in [-0.2, -0.15) is 0 Å². The number of nitrogens with one attached hydrogen (secondary N) is 1. The summed E-state index contributed by atoms with van der Waals surface area (Å²) in [5.41, 5.74) is 1.18. The number of carbonyl (C=O) groups is 3. The molecule has 0 atom stereocenters. The summed E-state index contributed by atoms with van der Waals surface area (Å²) >= 11 is 1.62. The third kappa shape index (κ3) is 3.81. The Morgan fingerprint density at radius 1 is 1.43 bits per heavy atom. The van der Waals surface area contributed by atoms with Crippen LogP contribution in [0.5, 0.6) is 0 Å². The van der Waals surface area contributed by atoms with E-state index in [1.165, 1.54) is 15.4 Å². The van der Waals surface area contributed by atoms with Crippen molar-refractivity contribution in [3.05, 3.63) is 21.9 Å². The van der Waals surface area contributed by atoms with E-state index in [2.05, 4.69) is 5.32 Å². The van der Waals surface area contributed by atoms with Crippen LogP contribution in [-0.4, -0.2) is 47.8 Å². The molecule has 0 saturated carbocycles. The molecule has 114 valence electrons. The Balaban J connectivity index is 1.69. The van der Waals surface area contributed by atoms with Gasteiger partial charge >= 0.3 is 6.03 Å². The van der Waals surface area contributed by atoms with Crippen LogP contribution in [0.2, 0.25) is 0 Å². The van der Waals surface area contributed by atoms with Gasteiger partial charge in [0, 0.05) is 24.9 Å². The van der Waals surface area contributed by atoms with Crippen molar-refractivity contribution in [2.24, 2.45) is 0 Å². The van der Waals surface area contributed by atoms with Crippen molar-refractivity contribution in [2.75, 3.05) is 20.1 Å². The lowest BCUT2D eigenvalue weighted by Gasteiger charge is -2.13. The zero-order chi connectivity index (χ0) is 15.4. The van der Waals surface area contributed by atoms with Crippen LogP contribution in [0.3, 0.4) is 0 Å². The molecule has 0 bridgehead atoms. The van der Waals surface area contributed by atoms with Gasteiger partial charge in [0.1, 0.15) is 6.54 Å². The number of hydrogen-bond acceptors (Lipinski definition) is 4. The van der Waals surface area contributed by atoms with E-state index in [9.17, 15) is 14.4 Å². The van der Waals surface area contributed by atoms with Gasteiger partial charge in [0.05, 0.1) is 6.54 Å². The van der Waals surface area contributed by atoms with E-state index in [0.29, 0.717) is 25.9 Å². The molecule has 21 heavy (non-hydrogen) atoms. The molecule has 1 aliphatic heterocycles. The molecule has 1 saturated heterocycles. The first-order valence-electron chi connectivity index (χ1n) is 6.84. The number of aryl methyl sites for hydroxylation is 1. The summed E-state index contributed by atoms with van der Waals surface area (Å²) in [7, 11) is 1.59. The molecular weight excluding hydrogens is 290 g/mol. The minimum absolute atomic E-state index is 0.0600. The minimum atomic E-state index is -0.283. The Labute approximate surface area is 127 Å². The molecule has 0 spiro atoms. The van der Waals surface area contributed by atoms with Crippen molar-refractivity contribution >= 4 is 29.2 Å². The highest BCUT2D eigenvalue weighted by atomic mass is 32.1. The SMILES string of the molecule is Cc1ccsc1CNC(=O)CCCN1C(=O)CN(C)C1=O. The summed E-state index contributed by atoms with van der Waals surface area (Å²) in [6.45, 7) is 2.97. The number of thiophene rings is 1. The second-order valence-electron chi connectivity index (χ2n) is 5.09. The van der Waals surface area contributed by atoms with Crippen molar-refractivity contribution in [3.8, 4) is 0 Å². The number of amides is 4. The third-order valence-electron chi connectivity index (χ3n) is 3.43.